The van der Waals surface area contributed by atoms with Crippen molar-refractivity contribution in [2.45, 2.75) is 38.6 Å². The third kappa shape index (κ3) is 1.80. The molecule has 0 aromatic heterocycles. The van der Waals surface area contributed by atoms with Crippen molar-refractivity contribution in [1.29, 1.82) is 0 Å². The van der Waals surface area contributed by atoms with Gasteiger partial charge in [-0.3, -0.25) is 4.90 Å². The van der Waals surface area contributed by atoms with E-state index in [1.807, 2.05) is 0 Å². The molecule has 1 heterocycles. The second kappa shape index (κ2) is 4.15. The first-order valence-electron chi connectivity index (χ1n) is 5.75. The summed E-state index contributed by atoms with van der Waals surface area (Å²) in [7, 11) is 0. The van der Waals surface area contributed by atoms with Crippen molar-refractivity contribution in [3.63, 3.8) is 0 Å². The van der Waals surface area contributed by atoms with E-state index in [1.165, 1.54) is 32.4 Å². The predicted molar refractivity (Wildman–Crippen MR) is 63.3 cm³/mol. The second-order valence-electron chi connectivity index (χ2n) is 4.73. The molecule has 2 aliphatic rings. The minimum absolute atomic E-state index is 0.357. The molecule has 0 bridgehead atoms. The molecule has 80 valence electrons. The predicted octanol–water partition coefficient (Wildman–Crippen LogP) is 1.78. The Balaban J connectivity index is 1.97. The summed E-state index contributed by atoms with van der Waals surface area (Å²) in [5.74, 6) is 1.89. The van der Waals surface area contributed by atoms with Crippen LogP contribution in [0.5, 0.6) is 0 Å². The Kier molecular flexibility index (Phi) is 3.07. The van der Waals surface area contributed by atoms with Crippen molar-refractivity contribution >= 4 is 17.2 Å². The lowest BCUT2D eigenvalue weighted by molar-refractivity contribution is 0.271. The van der Waals surface area contributed by atoms with Gasteiger partial charge < -0.3 is 5.73 Å². The summed E-state index contributed by atoms with van der Waals surface area (Å²) >= 11 is 5.12. The lowest BCUT2D eigenvalue weighted by Crippen LogP contribution is -2.42. The fourth-order valence-electron chi connectivity index (χ4n) is 3.17. The van der Waals surface area contributed by atoms with Crippen molar-refractivity contribution in [2.24, 2.45) is 17.6 Å². The summed E-state index contributed by atoms with van der Waals surface area (Å²) in [5, 5.41) is 0. The van der Waals surface area contributed by atoms with Gasteiger partial charge in [0.1, 0.15) is 0 Å². The highest BCUT2D eigenvalue weighted by Crippen LogP contribution is 2.38. The third-order valence-electron chi connectivity index (χ3n) is 3.91. The van der Waals surface area contributed by atoms with Crippen molar-refractivity contribution in [3.8, 4) is 0 Å². The van der Waals surface area contributed by atoms with E-state index < -0.39 is 0 Å². The first-order valence-corrected chi connectivity index (χ1v) is 6.16. The van der Waals surface area contributed by atoms with E-state index in [2.05, 4.69) is 11.8 Å². The van der Waals surface area contributed by atoms with Crippen LogP contribution < -0.4 is 5.73 Å². The molecule has 0 aromatic rings. The minimum atomic E-state index is 0.357. The van der Waals surface area contributed by atoms with E-state index in [9.17, 15) is 0 Å². The zero-order valence-electron chi connectivity index (χ0n) is 8.91. The molecule has 3 atom stereocenters. The minimum Gasteiger partial charge on any atom is -0.392 e. The Labute approximate surface area is 91.8 Å². The zero-order valence-corrected chi connectivity index (χ0v) is 9.72. The Morgan fingerprint density at radius 3 is 2.43 bits per heavy atom. The monoisotopic (exact) mass is 212 g/mol. The van der Waals surface area contributed by atoms with Gasteiger partial charge >= 0.3 is 0 Å². The van der Waals surface area contributed by atoms with Gasteiger partial charge in [0, 0.05) is 13.1 Å². The lowest BCUT2D eigenvalue weighted by atomic mass is 10.0. The van der Waals surface area contributed by atoms with Gasteiger partial charge in [-0.25, -0.2) is 0 Å². The Hall–Kier alpha value is -0.150. The smallest absolute Gasteiger partial charge is 0.0901 e. The molecule has 0 radical (unpaired) electrons. The van der Waals surface area contributed by atoms with Gasteiger partial charge in [0.25, 0.3) is 0 Å². The molecule has 2 nitrogen and oxygen atoms in total. The van der Waals surface area contributed by atoms with Crippen molar-refractivity contribution in [1.82, 2.24) is 4.90 Å². The summed E-state index contributed by atoms with van der Waals surface area (Å²) in [6.45, 7) is 4.65. The van der Waals surface area contributed by atoms with Gasteiger partial charge in [0.15, 0.2) is 0 Å². The number of hydrogen-bond donors (Lipinski definition) is 1. The molecule has 0 aromatic carbocycles. The first-order chi connectivity index (χ1) is 6.72. The van der Waals surface area contributed by atoms with Crippen LogP contribution in [0.25, 0.3) is 0 Å². The Morgan fingerprint density at radius 2 is 2.00 bits per heavy atom. The number of hydrogen-bond acceptors (Lipinski definition) is 2. The SMILES string of the molecule is CCC(C(N)=S)N1CC2CCCC2C1. The molecule has 14 heavy (non-hydrogen) atoms. The van der Waals surface area contributed by atoms with E-state index in [4.69, 9.17) is 18.0 Å². The van der Waals surface area contributed by atoms with Crippen LogP contribution in [0.1, 0.15) is 32.6 Å². The number of fused-ring (bicyclic) bond motifs is 1. The van der Waals surface area contributed by atoms with Crippen molar-refractivity contribution < 1.29 is 0 Å². The van der Waals surface area contributed by atoms with Crippen LogP contribution in [-0.4, -0.2) is 29.0 Å². The molecule has 1 saturated heterocycles. The van der Waals surface area contributed by atoms with Gasteiger partial charge in [-0.15, -0.1) is 0 Å². The molecule has 0 spiro atoms. The standard InChI is InChI=1S/C11H20N2S/c1-2-10(11(12)14)13-6-8-4-3-5-9(8)7-13/h8-10H,2-7H2,1H3,(H2,12,14). The first kappa shape index (κ1) is 10.4. The molecular weight excluding hydrogens is 192 g/mol. The number of likely N-dealkylation sites (tertiary alicyclic amines) is 1. The quantitative estimate of drug-likeness (QED) is 0.723. The highest BCUT2D eigenvalue weighted by atomic mass is 32.1. The summed E-state index contributed by atoms with van der Waals surface area (Å²) < 4.78 is 0. The summed E-state index contributed by atoms with van der Waals surface area (Å²) in [5.41, 5.74) is 5.77. The van der Waals surface area contributed by atoms with E-state index in [0.717, 1.165) is 18.3 Å². The van der Waals surface area contributed by atoms with Crippen LogP contribution in [0.3, 0.4) is 0 Å². The largest absolute Gasteiger partial charge is 0.392 e. The maximum Gasteiger partial charge on any atom is 0.0901 e. The summed E-state index contributed by atoms with van der Waals surface area (Å²) in [4.78, 5) is 3.20. The highest BCUT2D eigenvalue weighted by Gasteiger charge is 2.38. The summed E-state index contributed by atoms with van der Waals surface area (Å²) in [6.07, 6.45) is 5.35. The normalized spacial score (nSPS) is 34.4. The number of nitrogens with zero attached hydrogens (tertiary/aromatic N) is 1. The molecular formula is C11H20N2S. The van der Waals surface area contributed by atoms with E-state index in [-0.39, 0.29) is 0 Å². The molecule has 0 amide bonds. The van der Waals surface area contributed by atoms with Crippen LogP contribution in [0.2, 0.25) is 0 Å². The van der Waals surface area contributed by atoms with E-state index in [0.29, 0.717) is 11.0 Å². The highest BCUT2D eigenvalue weighted by molar-refractivity contribution is 7.80. The maximum absolute atomic E-state index is 5.77. The van der Waals surface area contributed by atoms with Gasteiger partial charge in [-0.05, 0) is 31.1 Å². The maximum atomic E-state index is 5.77. The topological polar surface area (TPSA) is 29.3 Å². The van der Waals surface area contributed by atoms with Gasteiger partial charge in [-0.2, -0.15) is 0 Å². The number of thiocarbonyl (C=S) groups is 1. The molecule has 2 rings (SSSR count). The van der Waals surface area contributed by atoms with Crippen LogP contribution in [0.15, 0.2) is 0 Å². The van der Waals surface area contributed by atoms with Crippen molar-refractivity contribution in [2.75, 3.05) is 13.1 Å². The Bertz CT molecular complexity index is 217. The van der Waals surface area contributed by atoms with Crippen LogP contribution in [0, 0.1) is 11.8 Å². The molecule has 3 heteroatoms. The fourth-order valence-corrected chi connectivity index (χ4v) is 3.48. The zero-order chi connectivity index (χ0) is 10.1. The Morgan fingerprint density at radius 1 is 1.43 bits per heavy atom. The molecule has 1 aliphatic heterocycles. The molecule has 1 aliphatic carbocycles. The van der Waals surface area contributed by atoms with Gasteiger partial charge in [-0.1, -0.05) is 25.6 Å². The van der Waals surface area contributed by atoms with Gasteiger partial charge in [0.2, 0.25) is 0 Å². The molecule has 3 unspecified atom stereocenters. The average Bonchev–Trinajstić information content (AvgIpc) is 2.63. The lowest BCUT2D eigenvalue weighted by Gasteiger charge is -2.26. The van der Waals surface area contributed by atoms with Crippen LogP contribution in [0.4, 0.5) is 0 Å². The van der Waals surface area contributed by atoms with Crippen molar-refractivity contribution in [3.05, 3.63) is 0 Å². The molecule has 2 fully saturated rings. The number of rotatable bonds is 3. The van der Waals surface area contributed by atoms with Gasteiger partial charge in [0.05, 0.1) is 11.0 Å². The number of nitrogens with two attached hydrogens (primary N) is 1. The van der Waals surface area contributed by atoms with E-state index in [1.54, 1.807) is 0 Å². The average molecular weight is 212 g/mol. The van der Waals surface area contributed by atoms with E-state index >= 15 is 0 Å². The third-order valence-corrected chi connectivity index (χ3v) is 4.18. The second-order valence-corrected chi connectivity index (χ2v) is 5.20. The van der Waals surface area contributed by atoms with Crippen LogP contribution in [-0.2, 0) is 0 Å². The van der Waals surface area contributed by atoms with Crippen LogP contribution >= 0.6 is 12.2 Å². The fraction of sp³-hybridized carbons (Fsp3) is 0.909. The molecule has 2 N–H and O–H groups in total. The molecule has 1 saturated carbocycles. The summed E-state index contributed by atoms with van der Waals surface area (Å²) in [6, 6.07) is 0.357.